The van der Waals surface area contributed by atoms with Crippen molar-refractivity contribution >= 4 is 11.7 Å². The van der Waals surface area contributed by atoms with Gasteiger partial charge in [-0.05, 0) is 49.8 Å². The second-order valence-corrected chi connectivity index (χ2v) is 7.80. The van der Waals surface area contributed by atoms with Gasteiger partial charge in [0.05, 0.1) is 16.9 Å². The first-order chi connectivity index (χ1) is 13.9. The van der Waals surface area contributed by atoms with Crippen molar-refractivity contribution in [1.29, 1.82) is 0 Å². The molecule has 1 atom stereocenters. The van der Waals surface area contributed by atoms with E-state index in [0.29, 0.717) is 12.5 Å². The Morgan fingerprint density at radius 2 is 1.90 bits per heavy atom. The van der Waals surface area contributed by atoms with E-state index in [9.17, 15) is 18.0 Å². The number of aromatic nitrogens is 3. The molecule has 2 aliphatic rings. The van der Waals surface area contributed by atoms with Gasteiger partial charge in [0.25, 0.3) is 0 Å². The molecule has 0 unspecified atom stereocenters. The zero-order valence-corrected chi connectivity index (χ0v) is 16.0. The Labute approximate surface area is 167 Å². The molecule has 2 amide bonds. The topological polar surface area (TPSA) is 63.1 Å². The number of rotatable bonds is 3. The summed E-state index contributed by atoms with van der Waals surface area (Å²) in [6, 6.07) is 3.43. The van der Waals surface area contributed by atoms with Crippen LogP contribution in [0.3, 0.4) is 0 Å². The van der Waals surface area contributed by atoms with Crippen molar-refractivity contribution in [2.75, 3.05) is 11.9 Å². The Bertz CT molecular complexity index is 846. The summed E-state index contributed by atoms with van der Waals surface area (Å²) < 4.78 is 42.2. The number of alkyl halides is 3. The third-order valence-corrected chi connectivity index (χ3v) is 5.99. The fourth-order valence-electron chi connectivity index (χ4n) is 4.60. The molecule has 1 aromatic heterocycles. The molecule has 1 saturated heterocycles. The van der Waals surface area contributed by atoms with Crippen molar-refractivity contribution in [1.82, 2.24) is 19.7 Å². The minimum atomic E-state index is -4.60. The molecule has 2 heterocycles. The molecule has 2 fully saturated rings. The van der Waals surface area contributed by atoms with Crippen molar-refractivity contribution < 1.29 is 18.0 Å². The van der Waals surface area contributed by atoms with Crippen LogP contribution in [0.15, 0.2) is 30.9 Å². The molecule has 1 aromatic carbocycles. The molecular weight excluding hydrogens is 383 g/mol. The van der Waals surface area contributed by atoms with E-state index in [1.807, 2.05) is 0 Å². The Hall–Kier alpha value is -2.58. The van der Waals surface area contributed by atoms with Gasteiger partial charge in [0.15, 0.2) is 0 Å². The van der Waals surface area contributed by atoms with Gasteiger partial charge in [0.2, 0.25) is 0 Å². The normalized spacial score (nSPS) is 20.8. The lowest BCUT2D eigenvalue weighted by atomic mass is 9.83. The SMILES string of the molecule is O=C(Nc1ccc(-n2cncn2)cc1C(F)(F)F)N1CCC[C@@H]1C1CCCCC1. The molecule has 2 aromatic rings. The maximum atomic E-state index is 13.7. The summed E-state index contributed by atoms with van der Waals surface area (Å²) in [6.45, 7) is 0.589. The van der Waals surface area contributed by atoms with Gasteiger partial charge >= 0.3 is 12.2 Å². The minimum Gasteiger partial charge on any atom is -0.321 e. The smallest absolute Gasteiger partial charge is 0.321 e. The van der Waals surface area contributed by atoms with E-state index < -0.39 is 17.8 Å². The highest BCUT2D eigenvalue weighted by Crippen LogP contribution is 2.38. The second-order valence-electron chi connectivity index (χ2n) is 7.80. The zero-order chi connectivity index (χ0) is 20.4. The number of benzene rings is 1. The number of nitrogens with one attached hydrogen (secondary N) is 1. The van der Waals surface area contributed by atoms with Crippen LogP contribution in [-0.4, -0.2) is 38.3 Å². The van der Waals surface area contributed by atoms with Crippen LogP contribution >= 0.6 is 0 Å². The third kappa shape index (κ3) is 4.23. The molecule has 29 heavy (non-hydrogen) atoms. The van der Waals surface area contributed by atoms with Gasteiger partial charge in [-0.2, -0.15) is 18.3 Å². The highest BCUT2D eigenvalue weighted by molar-refractivity contribution is 5.91. The third-order valence-electron chi connectivity index (χ3n) is 5.99. The Morgan fingerprint density at radius 3 is 2.59 bits per heavy atom. The quantitative estimate of drug-likeness (QED) is 0.790. The highest BCUT2D eigenvalue weighted by Gasteiger charge is 2.38. The molecular formula is C20H24F3N5O. The summed E-state index contributed by atoms with van der Waals surface area (Å²) in [5.74, 6) is 0.453. The standard InChI is InChI=1S/C20H24F3N5O/c21-20(22,23)16-11-15(28-13-24-12-25-28)8-9-17(16)26-19(29)27-10-4-7-18(27)14-5-2-1-3-6-14/h8-9,11-14,18H,1-7,10H2,(H,26,29)/t18-/m1/s1. The van der Waals surface area contributed by atoms with Crippen LogP contribution in [0.5, 0.6) is 0 Å². The van der Waals surface area contributed by atoms with Crippen LogP contribution in [0.4, 0.5) is 23.7 Å². The lowest BCUT2D eigenvalue weighted by molar-refractivity contribution is -0.136. The number of carbonyl (C=O) groups is 1. The van der Waals surface area contributed by atoms with E-state index in [1.165, 1.54) is 48.7 Å². The molecule has 9 heteroatoms. The predicted molar refractivity (Wildman–Crippen MR) is 102 cm³/mol. The highest BCUT2D eigenvalue weighted by atomic mass is 19.4. The van der Waals surface area contributed by atoms with Crippen LogP contribution in [0.2, 0.25) is 0 Å². The summed E-state index contributed by atoms with van der Waals surface area (Å²) in [5.41, 5.74) is -0.901. The molecule has 1 aliphatic heterocycles. The maximum Gasteiger partial charge on any atom is 0.418 e. The van der Waals surface area contributed by atoms with Crippen molar-refractivity contribution in [3.8, 4) is 5.69 Å². The largest absolute Gasteiger partial charge is 0.418 e. The number of hydrogen-bond donors (Lipinski definition) is 1. The van der Waals surface area contributed by atoms with Crippen LogP contribution in [0.1, 0.15) is 50.5 Å². The van der Waals surface area contributed by atoms with E-state index in [0.717, 1.165) is 31.7 Å². The number of halogens is 3. The van der Waals surface area contributed by atoms with Crippen molar-refractivity contribution in [2.45, 2.75) is 57.2 Å². The molecule has 156 valence electrons. The van der Waals surface area contributed by atoms with E-state index >= 15 is 0 Å². The molecule has 0 spiro atoms. The number of urea groups is 1. The second kappa shape index (κ2) is 8.04. The average molecular weight is 407 g/mol. The van der Waals surface area contributed by atoms with E-state index in [2.05, 4.69) is 15.4 Å². The summed E-state index contributed by atoms with van der Waals surface area (Å²) >= 11 is 0. The number of nitrogens with zero attached hydrogens (tertiary/aromatic N) is 4. The summed E-state index contributed by atoms with van der Waals surface area (Å²) in [7, 11) is 0. The maximum absolute atomic E-state index is 13.7. The fraction of sp³-hybridized carbons (Fsp3) is 0.550. The van der Waals surface area contributed by atoms with Gasteiger partial charge in [0.1, 0.15) is 12.7 Å². The Balaban J connectivity index is 1.55. The first-order valence-corrected chi connectivity index (χ1v) is 10.1. The van der Waals surface area contributed by atoms with Gasteiger partial charge < -0.3 is 10.2 Å². The monoisotopic (exact) mass is 407 g/mol. The Kier molecular flexibility index (Phi) is 5.47. The van der Waals surface area contributed by atoms with Gasteiger partial charge in [-0.15, -0.1) is 0 Å². The lowest BCUT2D eigenvalue weighted by Gasteiger charge is -2.34. The van der Waals surface area contributed by atoms with Crippen molar-refractivity contribution in [3.05, 3.63) is 36.4 Å². The summed E-state index contributed by atoms with van der Waals surface area (Å²) in [6.07, 6.45) is 5.53. The van der Waals surface area contributed by atoms with Gasteiger partial charge in [-0.25, -0.2) is 14.5 Å². The van der Waals surface area contributed by atoms with Crippen LogP contribution in [0, 0.1) is 5.92 Å². The predicted octanol–water partition coefficient (Wildman–Crippen LogP) is 4.86. The van der Waals surface area contributed by atoms with E-state index in [1.54, 1.807) is 4.90 Å². The van der Waals surface area contributed by atoms with Crippen LogP contribution < -0.4 is 5.32 Å². The number of likely N-dealkylation sites (tertiary alicyclic amines) is 1. The van der Waals surface area contributed by atoms with Gasteiger partial charge in [-0.1, -0.05) is 19.3 Å². The number of amides is 2. The van der Waals surface area contributed by atoms with Gasteiger partial charge in [0, 0.05) is 12.6 Å². The van der Waals surface area contributed by atoms with Crippen molar-refractivity contribution in [3.63, 3.8) is 0 Å². The molecule has 1 saturated carbocycles. The number of carbonyl (C=O) groups excluding carboxylic acids is 1. The number of anilines is 1. The minimum absolute atomic E-state index is 0.124. The van der Waals surface area contributed by atoms with Crippen LogP contribution in [-0.2, 0) is 6.18 Å². The van der Waals surface area contributed by atoms with Crippen molar-refractivity contribution in [2.24, 2.45) is 5.92 Å². The molecule has 4 rings (SSSR count). The zero-order valence-electron chi connectivity index (χ0n) is 16.0. The molecule has 0 radical (unpaired) electrons. The van der Waals surface area contributed by atoms with Gasteiger partial charge in [-0.3, -0.25) is 0 Å². The van der Waals surface area contributed by atoms with E-state index in [-0.39, 0.29) is 17.4 Å². The molecule has 1 N–H and O–H groups in total. The first kappa shape index (κ1) is 19.7. The van der Waals surface area contributed by atoms with E-state index in [4.69, 9.17) is 0 Å². The fourth-order valence-corrected chi connectivity index (χ4v) is 4.60. The molecule has 0 bridgehead atoms. The lowest BCUT2D eigenvalue weighted by Crippen LogP contribution is -2.43. The van der Waals surface area contributed by atoms with Crippen LogP contribution in [0.25, 0.3) is 5.69 Å². The molecule has 6 nitrogen and oxygen atoms in total. The number of hydrogen-bond acceptors (Lipinski definition) is 3. The Morgan fingerprint density at radius 1 is 1.10 bits per heavy atom. The average Bonchev–Trinajstić information content (AvgIpc) is 3.40. The summed E-state index contributed by atoms with van der Waals surface area (Å²) in [4.78, 5) is 18.4. The molecule has 1 aliphatic carbocycles. The first-order valence-electron chi connectivity index (χ1n) is 10.1. The summed E-state index contributed by atoms with van der Waals surface area (Å²) in [5, 5.41) is 6.39.